The van der Waals surface area contributed by atoms with E-state index in [0.717, 1.165) is 0 Å². The Morgan fingerprint density at radius 2 is 1.93 bits per heavy atom. The molecule has 1 aliphatic heterocycles. The molecule has 2 aromatic rings. The smallest absolute Gasteiger partial charge is 0.337 e. The summed E-state index contributed by atoms with van der Waals surface area (Å²) in [6.07, 6.45) is 1.83. The highest BCUT2D eigenvalue weighted by Crippen LogP contribution is 2.35. The van der Waals surface area contributed by atoms with Gasteiger partial charge in [-0.2, -0.15) is 5.10 Å². The quantitative estimate of drug-likeness (QED) is 0.0896. The zero-order chi connectivity index (χ0) is 29.2. The number of hydrazone groups is 1. The van der Waals surface area contributed by atoms with E-state index in [1.54, 1.807) is 50.3 Å². The largest absolute Gasteiger partial charge is 0.490 e. The fraction of sp³-hybridized carbons (Fsp3) is 0.296. The number of hydrogen-bond donors (Lipinski definition) is 4. The van der Waals surface area contributed by atoms with Gasteiger partial charge in [0.25, 0.3) is 0 Å². The molecule has 1 aliphatic rings. The van der Waals surface area contributed by atoms with E-state index in [-0.39, 0.29) is 18.8 Å². The molecule has 4 N–H and O–H groups in total. The summed E-state index contributed by atoms with van der Waals surface area (Å²) < 4.78 is 21.8. The van der Waals surface area contributed by atoms with Gasteiger partial charge in [0.2, 0.25) is 0 Å². The van der Waals surface area contributed by atoms with Crippen molar-refractivity contribution in [1.29, 1.82) is 0 Å². The Bertz CT molecular complexity index is 1290. The molecule has 214 valence electrons. The third-order valence-corrected chi connectivity index (χ3v) is 6.04. The zero-order valence-corrected chi connectivity index (χ0v) is 23.6. The van der Waals surface area contributed by atoms with Crippen molar-refractivity contribution in [3.05, 3.63) is 75.4 Å². The number of allylic oxidation sites excluding steroid dienone is 1. The normalized spacial score (nSPS) is 15.7. The number of urea groups is 1. The van der Waals surface area contributed by atoms with Crippen LogP contribution in [0, 0.1) is 0 Å². The summed E-state index contributed by atoms with van der Waals surface area (Å²) >= 11 is 12.4. The summed E-state index contributed by atoms with van der Waals surface area (Å²) in [5.74, 6) is 0.454. The first-order valence-corrected chi connectivity index (χ1v) is 12.9. The van der Waals surface area contributed by atoms with Gasteiger partial charge in [0.15, 0.2) is 23.5 Å². The lowest BCUT2D eigenvalue weighted by Crippen LogP contribution is -2.45. The first-order valence-electron chi connectivity index (χ1n) is 12.1. The lowest BCUT2D eigenvalue weighted by Gasteiger charge is -2.28. The van der Waals surface area contributed by atoms with Crippen LogP contribution in [0.2, 0.25) is 10.0 Å². The molecule has 0 bridgehead atoms. The first kappa shape index (κ1) is 30.6. The van der Waals surface area contributed by atoms with Crippen LogP contribution < -0.4 is 30.3 Å². The van der Waals surface area contributed by atoms with E-state index < -0.39 is 24.3 Å². The number of benzene rings is 2. The van der Waals surface area contributed by atoms with Gasteiger partial charge < -0.3 is 34.7 Å². The minimum Gasteiger partial charge on any atom is -0.490 e. The number of rotatable bonds is 13. The van der Waals surface area contributed by atoms with Gasteiger partial charge in [-0.25, -0.2) is 9.59 Å². The van der Waals surface area contributed by atoms with E-state index in [1.807, 2.05) is 0 Å². The lowest BCUT2D eigenvalue weighted by atomic mass is 9.95. The van der Waals surface area contributed by atoms with Crippen molar-refractivity contribution in [3.8, 4) is 17.2 Å². The second-order valence-electron chi connectivity index (χ2n) is 8.33. The summed E-state index contributed by atoms with van der Waals surface area (Å²) in [5, 5.41) is 20.2. The number of nitrogens with one attached hydrogen (secondary N) is 3. The van der Waals surface area contributed by atoms with Crippen LogP contribution in [0.5, 0.6) is 17.2 Å². The average molecular weight is 593 g/mol. The number of aliphatic hydroxyl groups excluding tert-OH is 1. The highest BCUT2D eigenvalue weighted by atomic mass is 35.5. The lowest BCUT2D eigenvalue weighted by molar-refractivity contribution is -0.136. The highest BCUT2D eigenvalue weighted by Gasteiger charge is 2.32. The molecule has 0 aromatic heterocycles. The Labute approximate surface area is 241 Å². The van der Waals surface area contributed by atoms with Crippen LogP contribution in [-0.4, -0.2) is 56.5 Å². The molecule has 2 atom stereocenters. The number of aliphatic hydroxyl groups is 1. The highest BCUT2D eigenvalue weighted by molar-refractivity contribution is 6.37. The molecule has 2 aromatic carbocycles. The van der Waals surface area contributed by atoms with Crippen LogP contribution in [0.1, 0.15) is 31.0 Å². The monoisotopic (exact) mass is 592 g/mol. The van der Waals surface area contributed by atoms with Crippen molar-refractivity contribution in [2.75, 3.05) is 26.9 Å². The molecule has 40 heavy (non-hydrogen) atoms. The summed E-state index contributed by atoms with van der Waals surface area (Å²) in [7, 11) is 1.27. The topological polar surface area (TPSA) is 140 Å². The predicted molar refractivity (Wildman–Crippen MR) is 151 cm³/mol. The molecule has 1 heterocycles. The van der Waals surface area contributed by atoms with Crippen LogP contribution in [0.4, 0.5) is 4.79 Å². The zero-order valence-electron chi connectivity index (χ0n) is 22.1. The maximum Gasteiger partial charge on any atom is 0.337 e. The second kappa shape index (κ2) is 14.5. The molecule has 0 saturated heterocycles. The molecule has 11 nitrogen and oxygen atoms in total. The number of ether oxygens (including phenoxy) is 4. The van der Waals surface area contributed by atoms with Crippen LogP contribution in [-0.2, 0) is 9.53 Å². The Hall–Kier alpha value is -3.93. The number of esters is 1. The summed E-state index contributed by atoms with van der Waals surface area (Å²) in [6.45, 7) is 7.41. The van der Waals surface area contributed by atoms with E-state index in [9.17, 15) is 14.7 Å². The first-order chi connectivity index (χ1) is 19.2. The Morgan fingerprint density at radius 1 is 1.20 bits per heavy atom. The fourth-order valence-corrected chi connectivity index (χ4v) is 4.37. The van der Waals surface area contributed by atoms with E-state index in [0.29, 0.717) is 50.7 Å². The van der Waals surface area contributed by atoms with Gasteiger partial charge in [-0.1, -0.05) is 41.9 Å². The van der Waals surface area contributed by atoms with Crippen LogP contribution in [0.15, 0.2) is 59.4 Å². The van der Waals surface area contributed by atoms with Gasteiger partial charge in [0.1, 0.15) is 13.2 Å². The van der Waals surface area contributed by atoms with E-state index >= 15 is 0 Å². The van der Waals surface area contributed by atoms with Gasteiger partial charge in [-0.15, -0.1) is 0 Å². The summed E-state index contributed by atoms with van der Waals surface area (Å²) in [4.78, 5) is 24.5. The van der Waals surface area contributed by atoms with E-state index in [1.165, 1.54) is 13.3 Å². The Morgan fingerprint density at radius 3 is 2.58 bits per heavy atom. The fourth-order valence-electron chi connectivity index (χ4n) is 3.75. The van der Waals surface area contributed by atoms with Gasteiger partial charge in [0, 0.05) is 5.70 Å². The molecule has 0 spiro atoms. The number of methoxy groups -OCH3 is 1. The number of amides is 2. The number of carbonyl (C=O) groups excluding carboxylic acids is 2. The number of nitrogens with zero attached hydrogens (tertiary/aromatic N) is 1. The molecule has 0 radical (unpaired) electrons. The third-order valence-electron chi connectivity index (χ3n) is 5.48. The SMILES string of the molecule is C=CCOc1c(Cl)cc(/C=N\N[C@@H](O)COc2ccc([C@@H]3NC(=O)NC(C)=C3C(=O)OC)cc2OCC)cc1Cl. The second-order valence-corrected chi connectivity index (χ2v) is 9.14. The number of carbonyl (C=O) groups is 2. The van der Waals surface area contributed by atoms with Gasteiger partial charge in [-0.3, -0.25) is 5.43 Å². The number of halogens is 2. The molecule has 0 unspecified atom stereocenters. The Kier molecular flexibility index (Phi) is 11.1. The predicted octanol–water partition coefficient (Wildman–Crippen LogP) is 4.08. The van der Waals surface area contributed by atoms with Crippen molar-refractivity contribution in [2.24, 2.45) is 5.10 Å². The van der Waals surface area contributed by atoms with Crippen molar-refractivity contribution in [2.45, 2.75) is 26.1 Å². The van der Waals surface area contributed by atoms with Crippen LogP contribution in [0.25, 0.3) is 0 Å². The summed E-state index contributed by atoms with van der Waals surface area (Å²) in [5.41, 5.74) is 4.36. The van der Waals surface area contributed by atoms with Crippen molar-refractivity contribution in [3.63, 3.8) is 0 Å². The van der Waals surface area contributed by atoms with Gasteiger partial charge >= 0.3 is 12.0 Å². The van der Waals surface area contributed by atoms with Crippen molar-refractivity contribution < 1.29 is 33.6 Å². The minimum absolute atomic E-state index is 0.177. The molecular formula is C27H30Cl2N4O7. The third kappa shape index (κ3) is 7.81. The Balaban J connectivity index is 1.68. The molecule has 3 rings (SSSR count). The van der Waals surface area contributed by atoms with Crippen molar-refractivity contribution >= 4 is 41.4 Å². The molecule has 0 saturated carbocycles. The molecule has 0 aliphatic carbocycles. The standard InChI is InChI=1S/C27H30Cl2N4O7/c1-5-9-39-25-18(28)10-16(11-19(25)29)13-30-33-22(34)14-40-20-8-7-17(12-21(20)38-6-2)24-23(26(35)37-4)15(3)31-27(36)32-24/h5,7-8,10-13,22,24,33-34H,1,6,9,14H2,2-4H3,(H2,31,32,36)/b30-13-/t22-,24-/m0/s1. The molecule has 13 heteroatoms. The minimum atomic E-state index is -1.17. The van der Waals surface area contributed by atoms with E-state index in [4.69, 9.17) is 42.1 Å². The van der Waals surface area contributed by atoms with E-state index in [2.05, 4.69) is 27.7 Å². The van der Waals surface area contributed by atoms with Gasteiger partial charge in [-0.05, 0) is 49.2 Å². The van der Waals surface area contributed by atoms with Crippen LogP contribution in [0.3, 0.4) is 0 Å². The molecular weight excluding hydrogens is 563 g/mol. The average Bonchev–Trinajstić information content (AvgIpc) is 2.91. The maximum absolute atomic E-state index is 12.4. The molecule has 0 fully saturated rings. The van der Waals surface area contributed by atoms with Crippen molar-refractivity contribution in [1.82, 2.24) is 16.1 Å². The summed E-state index contributed by atoms with van der Waals surface area (Å²) in [6, 6.07) is 6.96. The maximum atomic E-state index is 12.4. The molecule has 2 amide bonds. The van der Waals surface area contributed by atoms with Gasteiger partial charge in [0.05, 0.1) is 41.6 Å². The number of hydrogen-bond acceptors (Lipinski definition) is 9. The van der Waals surface area contributed by atoms with Crippen LogP contribution >= 0.6 is 23.2 Å².